The Balaban J connectivity index is 1.55. The number of pyridine rings is 1. The van der Waals surface area contributed by atoms with Gasteiger partial charge in [-0.2, -0.15) is 5.10 Å². The highest BCUT2D eigenvalue weighted by Gasteiger charge is 2.09. The molecule has 0 saturated carbocycles. The SMILES string of the molecule is O=C(NCCC1=CCCCC1)Nc1cccnc1-n1cccn1. The van der Waals surface area contributed by atoms with Crippen LogP contribution in [0.1, 0.15) is 32.1 Å². The quantitative estimate of drug-likeness (QED) is 0.832. The van der Waals surface area contributed by atoms with Crippen molar-refractivity contribution in [3.05, 3.63) is 48.4 Å². The van der Waals surface area contributed by atoms with Crippen LogP contribution in [0.25, 0.3) is 5.82 Å². The van der Waals surface area contributed by atoms with Gasteiger partial charge in [0.2, 0.25) is 0 Å². The Hall–Kier alpha value is -2.63. The molecular formula is C17H21N5O. The van der Waals surface area contributed by atoms with Gasteiger partial charge in [0.15, 0.2) is 5.82 Å². The first-order valence-electron chi connectivity index (χ1n) is 8.01. The van der Waals surface area contributed by atoms with Crippen molar-refractivity contribution >= 4 is 11.7 Å². The predicted molar refractivity (Wildman–Crippen MR) is 89.5 cm³/mol. The summed E-state index contributed by atoms with van der Waals surface area (Å²) in [6.07, 6.45) is 13.3. The molecule has 0 atom stereocenters. The molecule has 0 fully saturated rings. The van der Waals surface area contributed by atoms with Crippen LogP contribution in [0.5, 0.6) is 0 Å². The molecule has 0 bridgehead atoms. The van der Waals surface area contributed by atoms with Crippen LogP contribution < -0.4 is 10.6 Å². The summed E-state index contributed by atoms with van der Waals surface area (Å²) in [4.78, 5) is 16.4. The van der Waals surface area contributed by atoms with Gasteiger partial charge in [0.05, 0.1) is 5.69 Å². The molecule has 6 nitrogen and oxygen atoms in total. The lowest BCUT2D eigenvalue weighted by atomic mass is 9.97. The van der Waals surface area contributed by atoms with Crippen LogP contribution in [0, 0.1) is 0 Å². The Morgan fingerprint density at radius 3 is 3.00 bits per heavy atom. The van der Waals surface area contributed by atoms with Gasteiger partial charge in [0.25, 0.3) is 0 Å². The summed E-state index contributed by atoms with van der Waals surface area (Å²) in [6, 6.07) is 5.20. The van der Waals surface area contributed by atoms with Crippen molar-refractivity contribution in [2.45, 2.75) is 32.1 Å². The molecule has 1 aliphatic rings. The van der Waals surface area contributed by atoms with Gasteiger partial charge in [-0.3, -0.25) is 0 Å². The number of anilines is 1. The van der Waals surface area contributed by atoms with Crippen LogP contribution in [0.15, 0.2) is 48.4 Å². The van der Waals surface area contributed by atoms with Crippen molar-refractivity contribution < 1.29 is 4.79 Å². The van der Waals surface area contributed by atoms with E-state index >= 15 is 0 Å². The number of carbonyl (C=O) groups excluding carboxylic acids is 1. The van der Waals surface area contributed by atoms with E-state index in [4.69, 9.17) is 0 Å². The van der Waals surface area contributed by atoms with E-state index in [1.54, 1.807) is 29.3 Å². The summed E-state index contributed by atoms with van der Waals surface area (Å²) in [5, 5.41) is 9.90. The molecule has 0 aromatic carbocycles. The second kappa shape index (κ2) is 7.58. The summed E-state index contributed by atoms with van der Waals surface area (Å²) < 4.78 is 1.63. The van der Waals surface area contributed by atoms with Crippen LogP contribution in [0.2, 0.25) is 0 Å². The molecule has 1 aliphatic carbocycles. The second-order valence-electron chi connectivity index (χ2n) is 5.56. The number of hydrogen-bond acceptors (Lipinski definition) is 3. The van der Waals surface area contributed by atoms with Gasteiger partial charge in [-0.1, -0.05) is 11.6 Å². The Morgan fingerprint density at radius 2 is 2.22 bits per heavy atom. The fraction of sp³-hybridized carbons (Fsp3) is 0.353. The van der Waals surface area contributed by atoms with Crippen LogP contribution >= 0.6 is 0 Å². The molecule has 2 aromatic heterocycles. The molecule has 0 spiro atoms. The average molecular weight is 311 g/mol. The molecule has 2 N–H and O–H groups in total. The van der Waals surface area contributed by atoms with Gasteiger partial charge >= 0.3 is 6.03 Å². The van der Waals surface area contributed by atoms with Gasteiger partial charge in [-0.15, -0.1) is 0 Å². The molecule has 120 valence electrons. The van der Waals surface area contributed by atoms with Crippen LogP contribution in [0.4, 0.5) is 10.5 Å². The molecule has 2 heterocycles. The van der Waals surface area contributed by atoms with Crippen molar-refractivity contribution in [1.29, 1.82) is 0 Å². The Bertz CT molecular complexity index is 678. The summed E-state index contributed by atoms with van der Waals surface area (Å²) in [5.41, 5.74) is 2.08. The van der Waals surface area contributed by atoms with E-state index in [1.807, 2.05) is 12.1 Å². The van der Waals surface area contributed by atoms with Crippen molar-refractivity contribution in [3.63, 3.8) is 0 Å². The molecular weight excluding hydrogens is 290 g/mol. The number of aromatic nitrogens is 3. The van der Waals surface area contributed by atoms with E-state index < -0.39 is 0 Å². The lowest BCUT2D eigenvalue weighted by molar-refractivity contribution is 0.252. The Labute approximate surface area is 135 Å². The zero-order chi connectivity index (χ0) is 15.9. The summed E-state index contributed by atoms with van der Waals surface area (Å²) in [6.45, 7) is 0.648. The van der Waals surface area contributed by atoms with Crippen molar-refractivity contribution in [1.82, 2.24) is 20.1 Å². The molecule has 3 rings (SSSR count). The van der Waals surface area contributed by atoms with E-state index in [0.717, 1.165) is 12.8 Å². The molecule has 6 heteroatoms. The van der Waals surface area contributed by atoms with E-state index in [0.29, 0.717) is 18.1 Å². The highest BCUT2D eigenvalue weighted by Crippen LogP contribution is 2.19. The summed E-state index contributed by atoms with van der Waals surface area (Å²) in [5.74, 6) is 0.600. The first-order chi connectivity index (χ1) is 11.3. The molecule has 2 amide bonds. The second-order valence-corrected chi connectivity index (χ2v) is 5.56. The number of urea groups is 1. The first-order valence-corrected chi connectivity index (χ1v) is 8.01. The van der Waals surface area contributed by atoms with Gasteiger partial charge in [-0.25, -0.2) is 14.5 Å². The third-order valence-corrected chi connectivity index (χ3v) is 3.87. The lowest BCUT2D eigenvalue weighted by Crippen LogP contribution is -2.30. The fourth-order valence-electron chi connectivity index (χ4n) is 2.71. The minimum atomic E-state index is -0.220. The monoisotopic (exact) mass is 311 g/mol. The van der Waals surface area contributed by atoms with Crippen LogP contribution in [-0.4, -0.2) is 27.3 Å². The zero-order valence-corrected chi connectivity index (χ0v) is 13.0. The first kappa shape index (κ1) is 15.3. The topological polar surface area (TPSA) is 71.8 Å². The Kier molecular flexibility index (Phi) is 5.03. The third-order valence-electron chi connectivity index (χ3n) is 3.87. The molecule has 0 saturated heterocycles. The lowest BCUT2D eigenvalue weighted by Gasteiger charge is -2.14. The van der Waals surface area contributed by atoms with Gasteiger partial charge in [0, 0.05) is 25.1 Å². The maximum absolute atomic E-state index is 12.1. The largest absolute Gasteiger partial charge is 0.338 e. The minimum Gasteiger partial charge on any atom is -0.338 e. The van der Waals surface area contributed by atoms with Crippen LogP contribution in [0.3, 0.4) is 0 Å². The van der Waals surface area contributed by atoms with E-state index in [1.165, 1.54) is 24.8 Å². The maximum atomic E-state index is 12.1. The highest BCUT2D eigenvalue weighted by atomic mass is 16.2. The van der Waals surface area contributed by atoms with E-state index in [9.17, 15) is 4.79 Å². The predicted octanol–water partition coefficient (Wildman–Crippen LogP) is 3.28. The minimum absolute atomic E-state index is 0.220. The van der Waals surface area contributed by atoms with Crippen molar-refractivity contribution in [2.75, 3.05) is 11.9 Å². The number of amides is 2. The number of nitrogens with one attached hydrogen (secondary N) is 2. The fourth-order valence-corrected chi connectivity index (χ4v) is 2.71. The smallest absolute Gasteiger partial charge is 0.319 e. The molecule has 0 unspecified atom stereocenters. The number of allylic oxidation sites excluding steroid dienone is 1. The molecule has 0 radical (unpaired) electrons. The maximum Gasteiger partial charge on any atom is 0.319 e. The van der Waals surface area contributed by atoms with Crippen LogP contribution in [-0.2, 0) is 0 Å². The van der Waals surface area contributed by atoms with Crippen molar-refractivity contribution in [3.8, 4) is 5.82 Å². The molecule has 0 aliphatic heterocycles. The number of rotatable bonds is 5. The van der Waals surface area contributed by atoms with E-state index in [2.05, 4.69) is 26.8 Å². The standard InChI is InChI=1S/C17H21N5O/c23-17(19-12-9-14-6-2-1-3-7-14)21-15-8-4-10-18-16(15)22-13-5-11-20-22/h4-6,8,10-11,13H,1-3,7,9,12H2,(H2,19,21,23). The summed E-state index contributed by atoms with van der Waals surface area (Å²) in [7, 11) is 0. The Morgan fingerprint density at radius 1 is 1.26 bits per heavy atom. The van der Waals surface area contributed by atoms with Gasteiger partial charge < -0.3 is 10.6 Å². The number of carbonyl (C=O) groups is 1. The highest BCUT2D eigenvalue weighted by molar-refractivity contribution is 5.90. The van der Waals surface area contributed by atoms with E-state index in [-0.39, 0.29) is 6.03 Å². The average Bonchev–Trinajstić information content (AvgIpc) is 3.11. The van der Waals surface area contributed by atoms with Crippen molar-refractivity contribution in [2.24, 2.45) is 0 Å². The summed E-state index contributed by atoms with van der Waals surface area (Å²) >= 11 is 0. The van der Waals surface area contributed by atoms with Gasteiger partial charge in [-0.05, 0) is 50.3 Å². The number of nitrogens with zero attached hydrogens (tertiary/aromatic N) is 3. The normalized spacial score (nSPS) is 14.2. The third kappa shape index (κ3) is 4.18. The number of hydrogen-bond donors (Lipinski definition) is 2. The zero-order valence-electron chi connectivity index (χ0n) is 13.0. The van der Waals surface area contributed by atoms with Gasteiger partial charge in [0.1, 0.15) is 0 Å². The molecule has 23 heavy (non-hydrogen) atoms. The molecule has 2 aromatic rings.